The lowest BCUT2D eigenvalue weighted by molar-refractivity contribution is 0.0939. The SMILES string of the molecule is COc1ccc(C(=O)N[C@H](C)c2ccncc2)cc1OC. The van der Waals surface area contributed by atoms with Crippen LogP contribution in [0, 0.1) is 0 Å². The number of carbonyl (C=O) groups is 1. The Bertz CT molecular complexity index is 614. The van der Waals surface area contributed by atoms with Crippen LogP contribution in [0.1, 0.15) is 28.9 Å². The third-order valence-corrected chi connectivity index (χ3v) is 3.20. The van der Waals surface area contributed by atoms with Gasteiger partial charge in [-0.05, 0) is 42.8 Å². The molecule has 0 unspecified atom stereocenters. The molecule has 2 aromatic rings. The molecule has 1 heterocycles. The van der Waals surface area contributed by atoms with E-state index in [-0.39, 0.29) is 11.9 Å². The molecule has 0 fully saturated rings. The molecule has 1 amide bonds. The van der Waals surface area contributed by atoms with Crippen LogP contribution in [0.3, 0.4) is 0 Å². The second kappa shape index (κ2) is 6.74. The lowest BCUT2D eigenvalue weighted by Crippen LogP contribution is -2.26. The summed E-state index contributed by atoms with van der Waals surface area (Å²) >= 11 is 0. The molecule has 0 saturated carbocycles. The van der Waals surface area contributed by atoms with Crippen molar-refractivity contribution >= 4 is 5.91 Å². The van der Waals surface area contributed by atoms with Gasteiger partial charge in [-0.15, -0.1) is 0 Å². The number of pyridine rings is 1. The van der Waals surface area contributed by atoms with E-state index in [1.807, 2.05) is 19.1 Å². The number of amides is 1. The predicted molar refractivity (Wildman–Crippen MR) is 79.7 cm³/mol. The summed E-state index contributed by atoms with van der Waals surface area (Å²) < 4.78 is 10.4. The van der Waals surface area contributed by atoms with Gasteiger partial charge in [-0.25, -0.2) is 0 Å². The maximum absolute atomic E-state index is 12.3. The summed E-state index contributed by atoms with van der Waals surface area (Å²) in [5.41, 5.74) is 1.52. The van der Waals surface area contributed by atoms with Gasteiger partial charge in [-0.3, -0.25) is 9.78 Å². The fraction of sp³-hybridized carbons (Fsp3) is 0.250. The van der Waals surface area contributed by atoms with Gasteiger partial charge in [0.15, 0.2) is 11.5 Å². The molecule has 0 spiro atoms. The van der Waals surface area contributed by atoms with Crippen LogP contribution in [0.4, 0.5) is 0 Å². The van der Waals surface area contributed by atoms with Crippen LogP contribution in [-0.4, -0.2) is 25.1 Å². The number of benzene rings is 1. The van der Waals surface area contributed by atoms with E-state index in [0.29, 0.717) is 17.1 Å². The Morgan fingerprint density at radius 2 is 1.76 bits per heavy atom. The van der Waals surface area contributed by atoms with Gasteiger partial charge in [0.05, 0.1) is 20.3 Å². The van der Waals surface area contributed by atoms with Crippen LogP contribution < -0.4 is 14.8 Å². The number of rotatable bonds is 5. The third kappa shape index (κ3) is 3.51. The zero-order valence-electron chi connectivity index (χ0n) is 12.3. The van der Waals surface area contributed by atoms with Crippen molar-refractivity contribution in [2.75, 3.05) is 14.2 Å². The van der Waals surface area contributed by atoms with Crippen LogP contribution in [0.2, 0.25) is 0 Å². The molecule has 0 aliphatic rings. The van der Waals surface area contributed by atoms with E-state index < -0.39 is 0 Å². The molecule has 0 saturated heterocycles. The summed E-state index contributed by atoms with van der Waals surface area (Å²) in [7, 11) is 3.10. The average molecular weight is 286 g/mol. The van der Waals surface area contributed by atoms with E-state index in [9.17, 15) is 4.79 Å². The highest BCUT2D eigenvalue weighted by atomic mass is 16.5. The van der Waals surface area contributed by atoms with E-state index in [4.69, 9.17) is 9.47 Å². The van der Waals surface area contributed by atoms with Crippen LogP contribution >= 0.6 is 0 Å². The molecular weight excluding hydrogens is 268 g/mol. The summed E-state index contributed by atoms with van der Waals surface area (Å²) in [6, 6.07) is 8.72. The van der Waals surface area contributed by atoms with Crippen LogP contribution in [-0.2, 0) is 0 Å². The summed E-state index contributed by atoms with van der Waals surface area (Å²) in [6.07, 6.45) is 3.41. The molecule has 0 aliphatic heterocycles. The normalized spacial score (nSPS) is 11.6. The summed E-state index contributed by atoms with van der Waals surface area (Å²) in [4.78, 5) is 16.2. The van der Waals surface area contributed by atoms with E-state index in [1.165, 1.54) is 0 Å². The molecule has 5 nitrogen and oxygen atoms in total. The number of aromatic nitrogens is 1. The summed E-state index contributed by atoms with van der Waals surface area (Å²) in [5, 5.41) is 2.94. The minimum Gasteiger partial charge on any atom is -0.493 e. The van der Waals surface area contributed by atoms with Gasteiger partial charge in [-0.1, -0.05) is 0 Å². The molecule has 2 rings (SSSR count). The molecule has 0 aliphatic carbocycles. The predicted octanol–water partition coefficient (Wildman–Crippen LogP) is 2.59. The first-order valence-electron chi connectivity index (χ1n) is 6.58. The lowest BCUT2D eigenvalue weighted by Gasteiger charge is -2.15. The van der Waals surface area contributed by atoms with Crippen molar-refractivity contribution < 1.29 is 14.3 Å². The van der Waals surface area contributed by atoms with Crippen molar-refractivity contribution in [1.29, 1.82) is 0 Å². The molecule has 0 radical (unpaired) electrons. The molecule has 1 aromatic carbocycles. The smallest absolute Gasteiger partial charge is 0.251 e. The molecule has 0 bridgehead atoms. The van der Waals surface area contributed by atoms with Crippen LogP contribution in [0.25, 0.3) is 0 Å². The highest BCUT2D eigenvalue weighted by Gasteiger charge is 2.13. The average Bonchev–Trinajstić information content (AvgIpc) is 2.54. The van der Waals surface area contributed by atoms with Crippen molar-refractivity contribution in [2.24, 2.45) is 0 Å². The largest absolute Gasteiger partial charge is 0.493 e. The maximum atomic E-state index is 12.3. The zero-order chi connectivity index (χ0) is 15.2. The van der Waals surface area contributed by atoms with Gasteiger partial charge in [0, 0.05) is 18.0 Å². The van der Waals surface area contributed by atoms with Gasteiger partial charge in [0.25, 0.3) is 5.91 Å². The third-order valence-electron chi connectivity index (χ3n) is 3.20. The van der Waals surface area contributed by atoms with E-state index >= 15 is 0 Å². The lowest BCUT2D eigenvalue weighted by atomic mass is 10.1. The van der Waals surface area contributed by atoms with Gasteiger partial charge < -0.3 is 14.8 Å². The Kier molecular flexibility index (Phi) is 4.77. The second-order valence-corrected chi connectivity index (χ2v) is 4.55. The Morgan fingerprint density at radius 1 is 1.10 bits per heavy atom. The van der Waals surface area contributed by atoms with Crippen molar-refractivity contribution in [3.63, 3.8) is 0 Å². The first kappa shape index (κ1) is 14.8. The quantitative estimate of drug-likeness (QED) is 0.917. The first-order chi connectivity index (χ1) is 10.2. The Morgan fingerprint density at radius 3 is 2.38 bits per heavy atom. The van der Waals surface area contributed by atoms with Gasteiger partial charge in [0.1, 0.15) is 0 Å². The number of carbonyl (C=O) groups excluding carboxylic acids is 1. The maximum Gasteiger partial charge on any atom is 0.251 e. The summed E-state index contributed by atoms with van der Waals surface area (Å²) in [6.45, 7) is 1.92. The number of ether oxygens (including phenoxy) is 2. The second-order valence-electron chi connectivity index (χ2n) is 4.55. The molecular formula is C16H18N2O3. The van der Waals surface area contributed by atoms with Gasteiger partial charge >= 0.3 is 0 Å². The van der Waals surface area contributed by atoms with Crippen molar-refractivity contribution in [3.8, 4) is 11.5 Å². The van der Waals surface area contributed by atoms with Gasteiger partial charge in [0.2, 0.25) is 0 Å². The number of hydrogen-bond acceptors (Lipinski definition) is 4. The standard InChI is InChI=1S/C16H18N2O3/c1-11(12-6-8-17-9-7-12)18-16(19)13-4-5-14(20-2)15(10-13)21-3/h4-11H,1-3H3,(H,18,19)/t11-/m1/s1. The molecule has 5 heteroatoms. The number of nitrogens with zero attached hydrogens (tertiary/aromatic N) is 1. The van der Waals surface area contributed by atoms with Crippen molar-refractivity contribution in [1.82, 2.24) is 10.3 Å². The fourth-order valence-electron chi connectivity index (χ4n) is 1.99. The van der Waals surface area contributed by atoms with E-state index in [2.05, 4.69) is 10.3 Å². The zero-order valence-corrected chi connectivity index (χ0v) is 12.3. The minimum absolute atomic E-state index is 0.103. The molecule has 1 atom stereocenters. The topological polar surface area (TPSA) is 60.5 Å². The van der Waals surface area contributed by atoms with Crippen molar-refractivity contribution in [3.05, 3.63) is 53.9 Å². The van der Waals surface area contributed by atoms with E-state index in [1.54, 1.807) is 44.8 Å². The molecule has 110 valence electrons. The number of methoxy groups -OCH3 is 2. The highest BCUT2D eigenvalue weighted by molar-refractivity contribution is 5.95. The molecule has 1 N–H and O–H groups in total. The highest BCUT2D eigenvalue weighted by Crippen LogP contribution is 2.27. The van der Waals surface area contributed by atoms with Crippen molar-refractivity contribution in [2.45, 2.75) is 13.0 Å². The monoisotopic (exact) mass is 286 g/mol. The van der Waals surface area contributed by atoms with Crippen LogP contribution in [0.15, 0.2) is 42.7 Å². The number of nitrogens with one attached hydrogen (secondary N) is 1. The Labute approximate surface area is 123 Å². The summed E-state index contributed by atoms with van der Waals surface area (Å²) in [5.74, 6) is 0.957. The fourth-order valence-corrected chi connectivity index (χ4v) is 1.99. The Balaban J connectivity index is 2.13. The number of hydrogen-bond donors (Lipinski definition) is 1. The minimum atomic E-state index is -0.166. The molecule has 1 aromatic heterocycles. The first-order valence-corrected chi connectivity index (χ1v) is 6.58. The molecule has 21 heavy (non-hydrogen) atoms. The van der Waals surface area contributed by atoms with Gasteiger partial charge in [-0.2, -0.15) is 0 Å². The van der Waals surface area contributed by atoms with E-state index in [0.717, 1.165) is 5.56 Å². The Hall–Kier alpha value is -2.56. The van der Waals surface area contributed by atoms with Crippen LogP contribution in [0.5, 0.6) is 11.5 Å².